The van der Waals surface area contributed by atoms with Crippen LogP contribution in [0, 0.1) is 0 Å². The highest BCUT2D eigenvalue weighted by Crippen LogP contribution is 2.46. The number of hydrogen-bond donors (Lipinski definition) is 0. The molecule has 3 heteroatoms. The van der Waals surface area contributed by atoms with Crippen molar-refractivity contribution in [2.24, 2.45) is 0 Å². The van der Waals surface area contributed by atoms with E-state index in [4.69, 9.17) is 4.42 Å². The van der Waals surface area contributed by atoms with Crippen LogP contribution in [0.15, 0.2) is 205 Å². The molecule has 0 saturated heterocycles. The maximum atomic E-state index is 6.69. The topological polar surface area (TPSA) is 16.4 Å². The van der Waals surface area contributed by atoms with Gasteiger partial charge in [0.1, 0.15) is 5.58 Å². The van der Waals surface area contributed by atoms with Crippen LogP contribution < -0.4 is 4.90 Å². The fourth-order valence-corrected chi connectivity index (χ4v) is 9.36. The van der Waals surface area contributed by atoms with E-state index in [0.717, 1.165) is 50.1 Å². The van der Waals surface area contributed by atoms with Crippen LogP contribution >= 0.6 is 11.3 Å². The molecule has 0 fully saturated rings. The van der Waals surface area contributed by atoms with E-state index in [1.807, 2.05) is 17.4 Å². The Kier molecular flexibility index (Phi) is 7.39. The minimum atomic E-state index is 0.865. The SMILES string of the molecule is c1cc(-c2ccc(N(c3ccccc3-c3ccc4sc5ccccc5c4c3)c3cccc4c3oc3ccccc34)cc2)cc(-c2cccc3ccccc23)c1. The van der Waals surface area contributed by atoms with Gasteiger partial charge in [0.05, 0.1) is 11.4 Å². The Morgan fingerprint density at radius 3 is 1.91 bits per heavy atom. The fraction of sp³-hybridized carbons (Fsp3) is 0. The molecule has 55 heavy (non-hydrogen) atoms. The van der Waals surface area contributed by atoms with Crippen LogP contribution in [0.4, 0.5) is 17.1 Å². The number of furan rings is 1. The van der Waals surface area contributed by atoms with Crippen molar-refractivity contribution in [3.63, 3.8) is 0 Å². The second-order valence-electron chi connectivity index (χ2n) is 14.1. The summed E-state index contributed by atoms with van der Waals surface area (Å²) in [6, 6.07) is 72.2. The van der Waals surface area contributed by atoms with E-state index in [1.54, 1.807) is 0 Å². The van der Waals surface area contributed by atoms with Crippen LogP contribution in [0.5, 0.6) is 0 Å². The lowest BCUT2D eigenvalue weighted by atomic mass is 9.95. The summed E-state index contributed by atoms with van der Waals surface area (Å²) in [7, 11) is 0. The number of benzene rings is 9. The normalized spacial score (nSPS) is 11.6. The zero-order chi connectivity index (χ0) is 36.3. The Morgan fingerprint density at radius 1 is 0.364 bits per heavy atom. The van der Waals surface area contributed by atoms with Gasteiger partial charge in [-0.15, -0.1) is 11.3 Å². The first-order chi connectivity index (χ1) is 27.3. The van der Waals surface area contributed by atoms with Crippen LogP contribution in [0.3, 0.4) is 0 Å². The lowest BCUT2D eigenvalue weighted by Gasteiger charge is -2.28. The summed E-state index contributed by atoms with van der Waals surface area (Å²) in [5.74, 6) is 0. The monoisotopic (exact) mass is 719 g/mol. The third-order valence-electron chi connectivity index (χ3n) is 10.9. The highest BCUT2D eigenvalue weighted by molar-refractivity contribution is 7.25. The Morgan fingerprint density at radius 2 is 0.982 bits per heavy atom. The molecule has 0 bridgehead atoms. The number of nitrogens with zero attached hydrogens (tertiary/aromatic N) is 1. The Balaban J connectivity index is 1.07. The zero-order valence-electron chi connectivity index (χ0n) is 29.8. The predicted octanol–water partition coefficient (Wildman–Crippen LogP) is 15.6. The third kappa shape index (κ3) is 5.32. The highest BCUT2D eigenvalue weighted by Gasteiger charge is 2.22. The molecule has 11 aromatic rings. The molecule has 0 unspecified atom stereocenters. The van der Waals surface area contributed by atoms with Crippen molar-refractivity contribution in [1.29, 1.82) is 0 Å². The fourth-order valence-electron chi connectivity index (χ4n) is 8.27. The molecule has 9 aromatic carbocycles. The number of anilines is 3. The summed E-state index contributed by atoms with van der Waals surface area (Å²) in [6.45, 7) is 0. The zero-order valence-corrected chi connectivity index (χ0v) is 30.6. The molecule has 0 spiro atoms. The standard InChI is InChI=1S/C52H33NOS/c1-2-16-40-35(12-1)13-10-20-41(40)37-15-9-14-36(32-37)34-26-29-39(30-27-34)53(48-23-11-21-45-43-18-4-7-24-49(43)54-52(45)48)47-22-6-3-17-42(47)38-28-31-51-46(33-38)44-19-5-8-25-50(44)55-51/h1-33H. The van der Waals surface area contributed by atoms with Gasteiger partial charge in [0.15, 0.2) is 5.58 Å². The third-order valence-corrected chi connectivity index (χ3v) is 12.0. The molecule has 0 amide bonds. The minimum absolute atomic E-state index is 0.865. The van der Waals surface area contributed by atoms with Crippen LogP contribution in [0.25, 0.3) is 86.3 Å². The van der Waals surface area contributed by atoms with E-state index in [0.29, 0.717) is 0 Å². The van der Waals surface area contributed by atoms with Crippen molar-refractivity contribution in [1.82, 2.24) is 0 Å². The number of thiophene rings is 1. The van der Waals surface area contributed by atoms with Crippen molar-refractivity contribution in [2.75, 3.05) is 4.90 Å². The number of hydrogen-bond acceptors (Lipinski definition) is 3. The lowest BCUT2D eigenvalue weighted by Crippen LogP contribution is -2.11. The molecule has 0 aliphatic heterocycles. The van der Waals surface area contributed by atoms with Gasteiger partial charge in [0.2, 0.25) is 0 Å². The molecule has 11 rings (SSSR count). The number of fused-ring (bicyclic) bond motifs is 7. The maximum absolute atomic E-state index is 6.69. The Bertz CT molecular complexity index is 3220. The lowest BCUT2D eigenvalue weighted by molar-refractivity contribution is 0.669. The molecule has 0 N–H and O–H groups in total. The van der Waals surface area contributed by atoms with Crippen LogP contribution in [-0.4, -0.2) is 0 Å². The summed E-state index contributed by atoms with van der Waals surface area (Å²) in [5.41, 5.74) is 12.0. The largest absolute Gasteiger partial charge is 0.454 e. The van der Waals surface area contributed by atoms with Crippen molar-refractivity contribution >= 4 is 81.3 Å². The molecule has 0 aliphatic rings. The first kappa shape index (κ1) is 31.6. The molecule has 2 nitrogen and oxygen atoms in total. The van der Waals surface area contributed by atoms with Gasteiger partial charge in [-0.3, -0.25) is 0 Å². The van der Waals surface area contributed by atoms with E-state index in [9.17, 15) is 0 Å². The van der Waals surface area contributed by atoms with Crippen molar-refractivity contribution in [3.05, 3.63) is 200 Å². The molecule has 2 aromatic heterocycles. The van der Waals surface area contributed by atoms with Crippen molar-refractivity contribution < 1.29 is 4.42 Å². The first-order valence-corrected chi connectivity index (χ1v) is 19.5. The van der Waals surface area contributed by atoms with Gasteiger partial charge in [-0.1, -0.05) is 146 Å². The molecule has 2 heterocycles. The van der Waals surface area contributed by atoms with Gasteiger partial charge in [-0.2, -0.15) is 0 Å². The van der Waals surface area contributed by atoms with E-state index >= 15 is 0 Å². The summed E-state index contributed by atoms with van der Waals surface area (Å²) >= 11 is 1.85. The summed E-state index contributed by atoms with van der Waals surface area (Å²) in [5, 5.41) is 7.31. The van der Waals surface area contributed by atoms with Gasteiger partial charge in [-0.05, 0) is 93.2 Å². The second kappa shape index (κ2) is 12.9. The quantitative estimate of drug-likeness (QED) is 0.170. The van der Waals surface area contributed by atoms with Gasteiger partial charge < -0.3 is 9.32 Å². The van der Waals surface area contributed by atoms with Gasteiger partial charge in [0.25, 0.3) is 0 Å². The van der Waals surface area contributed by atoms with Gasteiger partial charge in [0, 0.05) is 42.2 Å². The molecule has 0 atom stereocenters. The maximum Gasteiger partial charge on any atom is 0.159 e. The predicted molar refractivity (Wildman–Crippen MR) is 235 cm³/mol. The number of rotatable bonds is 6. The summed E-state index contributed by atoms with van der Waals surface area (Å²) in [6.07, 6.45) is 0. The molecular formula is C52H33NOS. The Hall–Kier alpha value is -6.94. The van der Waals surface area contributed by atoms with Gasteiger partial charge >= 0.3 is 0 Å². The van der Waals surface area contributed by atoms with Crippen molar-refractivity contribution in [2.45, 2.75) is 0 Å². The molecule has 0 saturated carbocycles. The van der Waals surface area contributed by atoms with Crippen LogP contribution in [-0.2, 0) is 0 Å². The second-order valence-corrected chi connectivity index (χ2v) is 15.2. The van der Waals surface area contributed by atoms with Crippen molar-refractivity contribution in [3.8, 4) is 33.4 Å². The summed E-state index contributed by atoms with van der Waals surface area (Å²) < 4.78 is 9.29. The minimum Gasteiger partial charge on any atom is -0.454 e. The first-order valence-electron chi connectivity index (χ1n) is 18.7. The number of para-hydroxylation sites is 3. The molecular weight excluding hydrogens is 687 g/mol. The van der Waals surface area contributed by atoms with E-state index in [-0.39, 0.29) is 0 Å². The average molecular weight is 720 g/mol. The van der Waals surface area contributed by atoms with E-state index in [2.05, 4.69) is 199 Å². The smallest absolute Gasteiger partial charge is 0.159 e. The summed E-state index contributed by atoms with van der Waals surface area (Å²) in [4.78, 5) is 2.37. The highest BCUT2D eigenvalue weighted by atomic mass is 32.1. The van der Waals surface area contributed by atoms with Crippen LogP contribution in [0.1, 0.15) is 0 Å². The van der Waals surface area contributed by atoms with E-state index in [1.165, 1.54) is 53.2 Å². The molecule has 0 aliphatic carbocycles. The molecule has 258 valence electrons. The molecule has 0 radical (unpaired) electrons. The van der Waals surface area contributed by atoms with E-state index < -0.39 is 0 Å². The van der Waals surface area contributed by atoms with Gasteiger partial charge in [-0.25, -0.2) is 0 Å². The Labute approximate surface area is 322 Å². The van der Waals surface area contributed by atoms with Crippen LogP contribution in [0.2, 0.25) is 0 Å². The average Bonchev–Trinajstić information content (AvgIpc) is 3.83.